The summed E-state index contributed by atoms with van der Waals surface area (Å²) in [4.78, 5) is 0. The van der Waals surface area contributed by atoms with Crippen LogP contribution in [0.1, 0.15) is 0 Å². The molecule has 0 amide bonds. The fourth-order valence-electron chi connectivity index (χ4n) is 1.36. The Labute approximate surface area is 88.4 Å². The highest BCUT2D eigenvalue weighted by Crippen LogP contribution is 2.25. The van der Waals surface area contributed by atoms with E-state index in [4.69, 9.17) is 4.18 Å². The van der Waals surface area contributed by atoms with Gasteiger partial charge < -0.3 is 4.18 Å². The minimum absolute atomic E-state index is 0.340. The smallest absolute Gasteiger partial charge is 0.306 e. The van der Waals surface area contributed by atoms with E-state index in [0.717, 1.165) is 17.0 Å². The van der Waals surface area contributed by atoms with Crippen molar-refractivity contribution in [2.75, 3.05) is 6.26 Å². The van der Waals surface area contributed by atoms with Crippen molar-refractivity contribution in [3.8, 4) is 5.75 Å². The normalized spacial score (nSPS) is 11.5. The molecule has 0 aliphatic rings. The molecule has 0 aliphatic heterocycles. The Morgan fingerprint density at radius 3 is 2.67 bits per heavy atom. The average Bonchev–Trinajstić information content (AvgIpc) is 2.16. The highest BCUT2D eigenvalue weighted by atomic mass is 32.2. The van der Waals surface area contributed by atoms with Gasteiger partial charge in [-0.2, -0.15) is 8.42 Å². The molecule has 15 heavy (non-hydrogen) atoms. The molecule has 0 aromatic heterocycles. The molecule has 1 radical (unpaired) electrons. The molecular formula is C11H9O3S. The van der Waals surface area contributed by atoms with E-state index in [-0.39, 0.29) is 0 Å². The summed E-state index contributed by atoms with van der Waals surface area (Å²) < 4.78 is 26.9. The standard InChI is InChI=1S/C11H9O3S/c1-15(12,13)14-11-8-4-6-9-5-2-3-7-10(9)11/h2-5,7-8H,1H3. The van der Waals surface area contributed by atoms with Crippen molar-refractivity contribution in [1.29, 1.82) is 0 Å². The molecule has 77 valence electrons. The van der Waals surface area contributed by atoms with E-state index >= 15 is 0 Å². The van der Waals surface area contributed by atoms with Crippen LogP contribution in [0.15, 0.2) is 36.4 Å². The maximum absolute atomic E-state index is 11.0. The van der Waals surface area contributed by atoms with Crippen molar-refractivity contribution in [3.63, 3.8) is 0 Å². The van der Waals surface area contributed by atoms with Gasteiger partial charge in [-0.3, -0.25) is 0 Å². The second-order valence-corrected chi connectivity index (χ2v) is 4.75. The average molecular weight is 221 g/mol. The molecule has 3 nitrogen and oxygen atoms in total. The first-order valence-corrected chi connectivity index (χ1v) is 6.17. The van der Waals surface area contributed by atoms with Crippen LogP contribution in [0.3, 0.4) is 0 Å². The summed E-state index contributed by atoms with van der Waals surface area (Å²) in [7, 11) is -3.48. The number of hydrogen-bond donors (Lipinski definition) is 0. The van der Waals surface area contributed by atoms with Crippen molar-refractivity contribution in [3.05, 3.63) is 42.5 Å². The van der Waals surface area contributed by atoms with Crippen LogP contribution in [0, 0.1) is 6.07 Å². The minimum Gasteiger partial charge on any atom is -0.382 e. The molecule has 0 saturated carbocycles. The maximum atomic E-state index is 11.0. The largest absolute Gasteiger partial charge is 0.382 e. The molecule has 0 unspecified atom stereocenters. The van der Waals surface area contributed by atoms with E-state index in [0.29, 0.717) is 5.75 Å². The second kappa shape index (κ2) is 3.55. The van der Waals surface area contributed by atoms with Crippen LogP contribution >= 0.6 is 0 Å². The molecule has 0 N–H and O–H groups in total. The summed E-state index contributed by atoms with van der Waals surface area (Å²) in [6.07, 6.45) is 1.03. The molecule has 0 aliphatic carbocycles. The lowest BCUT2D eigenvalue weighted by atomic mass is 10.1. The highest BCUT2D eigenvalue weighted by Gasteiger charge is 2.07. The van der Waals surface area contributed by atoms with Gasteiger partial charge in [0.1, 0.15) is 5.75 Å². The SMILES string of the molecule is CS(=O)(=O)Oc1cc[c]c2ccccc12. The Bertz CT molecular complexity index is 582. The first-order chi connectivity index (χ1) is 7.06. The molecule has 0 atom stereocenters. The van der Waals surface area contributed by atoms with Gasteiger partial charge in [0.2, 0.25) is 0 Å². The van der Waals surface area contributed by atoms with Crippen molar-refractivity contribution >= 4 is 20.9 Å². The van der Waals surface area contributed by atoms with Gasteiger partial charge in [-0.25, -0.2) is 0 Å². The zero-order valence-electron chi connectivity index (χ0n) is 8.10. The van der Waals surface area contributed by atoms with Crippen molar-refractivity contribution in [2.45, 2.75) is 0 Å². The lowest BCUT2D eigenvalue weighted by molar-refractivity contribution is 0.495. The van der Waals surface area contributed by atoms with Gasteiger partial charge in [0.15, 0.2) is 0 Å². The van der Waals surface area contributed by atoms with Gasteiger partial charge in [-0.05, 0) is 23.6 Å². The van der Waals surface area contributed by atoms with E-state index in [1.807, 2.05) is 18.2 Å². The lowest BCUT2D eigenvalue weighted by Crippen LogP contribution is -2.05. The zero-order chi connectivity index (χ0) is 10.9. The highest BCUT2D eigenvalue weighted by molar-refractivity contribution is 7.86. The van der Waals surface area contributed by atoms with Crippen LogP contribution in [0.4, 0.5) is 0 Å². The van der Waals surface area contributed by atoms with Gasteiger partial charge in [0.05, 0.1) is 6.26 Å². The third-order valence-corrected chi connectivity index (χ3v) is 2.39. The fourth-order valence-corrected chi connectivity index (χ4v) is 1.83. The Hall–Kier alpha value is -1.55. The van der Waals surface area contributed by atoms with E-state index in [9.17, 15) is 8.42 Å². The molecule has 4 heteroatoms. The van der Waals surface area contributed by atoms with Crippen LogP contribution in [0.2, 0.25) is 0 Å². The predicted octanol–water partition coefficient (Wildman–Crippen LogP) is 1.98. The molecule has 2 aromatic carbocycles. The van der Waals surface area contributed by atoms with Crippen LogP contribution in [0.5, 0.6) is 5.75 Å². The Morgan fingerprint density at radius 1 is 1.20 bits per heavy atom. The van der Waals surface area contributed by atoms with Crippen LogP contribution < -0.4 is 4.18 Å². The summed E-state index contributed by atoms with van der Waals surface area (Å²) in [5, 5.41) is 1.57. The Kier molecular flexibility index (Phi) is 2.36. The minimum atomic E-state index is -3.48. The van der Waals surface area contributed by atoms with Crippen molar-refractivity contribution < 1.29 is 12.6 Å². The summed E-state index contributed by atoms with van der Waals surface area (Å²) >= 11 is 0. The van der Waals surface area contributed by atoms with Crippen molar-refractivity contribution in [2.24, 2.45) is 0 Å². The Morgan fingerprint density at radius 2 is 1.93 bits per heavy atom. The fraction of sp³-hybridized carbons (Fsp3) is 0.0909. The van der Waals surface area contributed by atoms with E-state index in [2.05, 4.69) is 6.07 Å². The molecule has 0 heterocycles. The second-order valence-electron chi connectivity index (χ2n) is 3.17. The number of rotatable bonds is 2. The van der Waals surface area contributed by atoms with Gasteiger partial charge in [0.25, 0.3) is 0 Å². The van der Waals surface area contributed by atoms with Crippen LogP contribution in [0.25, 0.3) is 10.8 Å². The zero-order valence-corrected chi connectivity index (χ0v) is 8.91. The molecule has 0 fully saturated rings. The molecular weight excluding hydrogens is 212 g/mol. The topological polar surface area (TPSA) is 43.4 Å². The molecule has 0 spiro atoms. The van der Waals surface area contributed by atoms with Crippen molar-refractivity contribution in [1.82, 2.24) is 0 Å². The van der Waals surface area contributed by atoms with Gasteiger partial charge in [-0.1, -0.05) is 24.3 Å². The summed E-state index contributed by atoms with van der Waals surface area (Å²) in [6, 6.07) is 13.6. The van der Waals surface area contributed by atoms with Gasteiger partial charge in [0, 0.05) is 5.39 Å². The third-order valence-electron chi connectivity index (χ3n) is 1.91. The summed E-state index contributed by atoms with van der Waals surface area (Å²) in [5.74, 6) is 0.340. The third kappa shape index (κ3) is 2.27. The monoisotopic (exact) mass is 221 g/mol. The predicted molar refractivity (Wildman–Crippen MR) is 58.3 cm³/mol. The first kappa shape index (κ1) is 9.98. The lowest BCUT2D eigenvalue weighted by Gasteiger charge is -2.05. The van der Waals surface area contributed by atoms with Gasteiger partial charge >= 0.3 is 10.1 Å². The first-order valence-electron chi connectivity index (χ1n) is 4.35. The molecule has 2 rings (SSSR count). The molecule has 2 aromatic rings. The van der Waals surface area contributed by atoms with Gasteiger partial charge in [-0.15, -0.1) is 0 Å². The Balaban J connectivity index is 2.61. The molecule has 0 bridgehead atoms. The summed E-state index contributed by atoms with van der Waals surface area (Å²) in [6.45, 7) is 0. The van der Waals surface area contributed by atoms with Crippen LogP contribution in [-0.2, 0) is 10.1 Å². The number of fused-ring (bicyclic) bond motifs is 1. The number of hydrogen-bond acceptors (Lipinski definition) is 3. The van der Waals surface area contributed by atoms with Crippen LogP contribution in [-0.4, -0.2) is 14.7 Å². The molecule has 0 saturated heterocycles. The van der Waals surface area contributed by atoms with E-state index in [1.54, 1.807) is 18.2 Å². The van der Waals surface area contributed by atoms with E-state index in [1.165, 1.54) is 0 Å². The maximum Gasteiger partial charge on any atom is 0.306 e. The number of benzene rings is 2. The quantitative estimate of drug-likeness (QED) is 0.728. The summed E-state index contributed by atoms with van der Waals surface area (Å²) in [5.41, 5.74) is 0. The van der Waals surface area contributed by atoms with E-state index < -0.39 is 10.1 Å².